The predicted octanol–water partition coefficient (Wildman–Crippen LogP) is 4.39. The minimum Gasteiger partial charge on any atom is -0.397 e. The zero-order valence-corrected chi connectivity index (χ0v) is 20.9. The van der Waals surface area contributed by atoms with Gasteiger partial charge in [0.25, 0.3) is 0 Å². The Kier molecular flexibility index (Phi) is 12.4. The number of ether oxygens (including phenoxy) is 1. The molecule has 0 aliphatic heterocycles. The number of sulfone groups is 1. The number of rotatable bonds is 9. The van der Waals surface area contributed by atoms with Crippen LogP contribution in [0, 0.1) is 5.41 Å². The molecule has 6 nitrogen and oxygen atoms in total. The molecule has 7 heteroatoms. The molecule has 0 aromatic heterocycles. The Morgan fingerprint density at radius 3 is 2.30 bits per heavy atom. The summed E-state index contributed by atoms with van der Waals surface area (Å²) < 4.78 is 31.2. The van der Waals surface area contributed by atoms with E-state index in [0.717, 1.165) is 25.1 Å². The molecule has 0 saturated carbocycles. The molecule has 2 N–H and O–H groups in total. The topological polar surface area (TPSA) is 88.0 Å². The van der Waals surface area contributed by atoms with Crippen molar-refractivity contribution < 1.29 is 18.3 Å². The van der Waals surface area contributed by atoms with Crippen molar-refractivity contribution in [3.05, 3.63) is 34.5 Å². The molecule has 0 radical (unpaired) electrons. The molecular formula is C23H42N2O4S. The van der Waals surface area contributed by atoms with E-state index in [1.165, 1.54) is 7.11 Å². The maximum atomic E-state index is 12.9. The smallest absolute Gasteiger partial charge is 0.180 e. The summed E-state index contributed by atoms with van der Waals surface area (Å²) in [6.45, 7) is 14.7. The number of aliphatic imine (C=N–C) groups is 1. The molecule has 1 aliphatic carbocycles. The zero-order chi connectivity index (χ0) is 23.4. The fourth-order valence-electron chi connectivity index (χ4n) is 2.42. The maximum Gasteiger partial charge on any atom is 0.180 e. The van der Waals surface area contributed by atoms with Crippen LogP contribution in [0.3, 0.4) is 0 Å². The second-order valence-electron chi connectivity index (χ2n) is 8.93. The molecule has 0 atom stereocenters. The summed E-state index contributed by atoms with van der Waals surface area (Å²) in [5.41, 5.74) is 0.701. The molecule has 0 fully saturated rings. The molecule has 0 aromatic rings. The molecule has 0 spiro atoms. The fraction of sp³-hybridized carbons (Fsp3) is 0.696. The number of nitrogens with one attached hydrogen (secondary N) is 1. The molecule has 0 saturated heterocycles. The van der Waals surface area contributed by atoms with Crippen molar-refractivity contribution in [2.75, 3.05) is 26.0 Å². The lowest BCUT2D eigenvalue weighted by Crippen LogP contribution is -2.33. The van der Waals surface area contributed by atoms with Gasteiger partial charge in [0.05, 0.1) is 27.7 Å². The van der Waals surface area contributed by atoms with Crippen LogP contribution in [-0.4, -0.2) is 51.4 Å². The largest absolute Gasteiger partial charge is 0.397 e. The van der Waals surface area contributed by atoms with Crippen LogP contribution in [0.15, 0.2) is 39.5 Å². The average molecular weight is 443 g/mol. The van der Waals surface area contributed by atoms with Crippen LogP contribution in [0.25, 0.3) is 0 Å². The highest BCUT2D eigenvalue weighted by Gasteiger charge is 2.29. The minimum atomic E-state index is -3.49. The highest BCUT2D eigenvalue weighted by molar-refractivity contribution is 7.95. The first-order chi connectivity index (χ1) is 13.8. The molecule has 1 rings (SSSR count). The SMILES string of the molecule is CCCCNC1=CCC=C(S(=O)(=O)CC(C)(C)OC)C=C1N=CC(C)(C)C.CCO. The molecule has 0 amide bonds. The Bertz CT molecular complexity index is 740. The van der Waals surface area contributed by atoms with E-state index in [2.05, 4.69) is 38.0 Å². The van der Waals surface area contributed by atoms with E-state index in [9.17, 15) is 8.42 Å². The van der Waals surface area contributed by atoms with Gasteiger partial charge in [0.2, 0.25) is 0 Å². The van der Waals surface area contributed by atoms with Crippen LogP contribution >= 0.6 is 0 Å². The van der Waals surface area contributed by atoms with E-state index in [1.54, 1.807) is 32.9 Å². The highest BCUT2D eigenvalue weighted by Crippen LogP contribution is 2.25. The summed E-state index contributed by atoms with van der Waals surface area (Å²) >= 11 is 0. The van der Waals surface area contributed by atoms with Gasteiger partial charge in [-0.15, -0.1) is 0 Å². The quantitative estimate of drug-likeness (QED) is 0.408. The van der Waals surface area contributed by atoms with Crippen molar-refractivity contribution in [3.63, 3.8) is 0 Å². The number of aliphatic hydroxyl groups is 1. The summed E-state index contributed by atoms with van der Waals surface area (Å²) in [6.07, 6.45) is 9.99. The van der Waals surface area contributed by atoms with E-state index in [-0.39, 0.29) is 17.8 Å². The van der Waals surface area contributed by atoms with Gasteiger partial charge in [0.15, 0.2) is 9.84 Å². The number of unbranched alkanes of at least 4 members (excludes halogenated alkanes) is 1. The molecule has 0 unspecified atom stereocenters. The minimum absolute atomic E-state index is 0.0757. The second-order valence-corrected chi connectivity index (χ2v) is 10.9. The predicted molar refractivity (Wildman–Crippen MR) is 127 cm³/mol. The molecule has 0 bridgehead atoms. The number of nitrogens with zero attached hydrogens (tertiary/aromatic N) is 1. The highest BCUT2D eigenvalue weighted by atomic mass is 32.2. The summed E-state index contributed by atoms with van der Waals surface area (Å²) in [7, 11) is -1.96. The standard InChI is InChI=1S/C21H36N2O3S.C2H6O/c1-8-9-13-22-18-12-10-11-17(14-19(18)23-15-20(2,3)4)27(24,25)16-21(5,6)26-7;1-2-3/h11-12,14-15,22H,8-10,13,16H2,1-7H3;3H,2H2,1H3. The number of hydrogen-bond donors (Lipinski definition) is 2. The fourth-order valence-corrected chi connectivity index (χ4v) is 4.26. The summed E-state index contributed by atoms with van der Waals surface area (Å²) in [5.74, 6) is -0.0757. The monoisotopic (exact) mass is 442 g/mol. The normalized spacial score (nSPS) is 15.6. The van der Waals surface area contributed by atoms with E-state index in [4.69, 9.17) is 9.84 Å². The molecule has 174 valence electrons. The number of allylic oxidation sites excluding steroid dienone is 3. The maximum absolute atomic E-state index is 12.9. The van der Waals surface area contributed by atoms with Crippen LogP contribution in [-0.2, 0) is 14.6 Å². The van der Waals surface area contributed by atoms with Crippen LogP contribution in [0.5, 0.6) is 0 Å². The lowest BCUT2D eigenvalue weighted by molar-refractivity contribution is 0.0427. The van der Waals surface area contributed by atoms with Gasteiger partial charge in [0.1, 0.15) is 0 Å². The summed E-state index contributed by atoms with van der Waals surface area (Å²) in [6, 6.07) is 0. The van der Waals surface area contributed by atoms with Crippen molar-refractivity contribution in [3.8, 4) is 0 Å². The Morgan fingerprint density at radius 2 is 1.80 bits per heavy atom. The Balaban J connectivity index is 0.00000263. The van der Waals surface area contributed by atoms with Crippen molar-refractivity contribution >= 4 is 16.1 Å². The third-order valence-electron chi connectivity index (χ3n) is 4.08. The van der Waals surface area contributed by atoms with Gasteiger partial charge in [-0.05, 0) is 45.1 Å². The van der Waals surface area contributed by atoms with Crippen molar-refractivity contribution in [2.45, 2.75) is 73.3 Å². The van der Waals surface area contributed by atoms with Crippen LogP contribution in [0.1, 0.15) is 67.7 Å². The molecule has 1 aliphatic rings. The van der Waals surface area contributed by atoms with Crippen LogP contribution in [0.2, 0.25) is 0 Å². The van der Waals surface area contributed by atoms with Gasteiger partial charge in [-0.2, -0.15) is 0 Å². The summed E-state index contributed by atoms with van der Waals surface area (Å²) in [4.78, 5) is 4.93. The first-order valence-electron chi connectivity index (χ1n) is 10.6. The lowest BCUT2D eigenvalue weighted by Gasteiger charge is -2.22. The number of methoxy groups -OCH3 is 1. The zero-order valence-electron chi connectivity index (χ0n) is 20.1. The van der Waals surface area contributed by atoms with Crippen molar-refractivity contribution in [1.82, 2.24) is 5.32 Å². The molecule has 30 heavy (non-hydrogen) atoms. The van der Waals surface area contributed by atoms with Crippen molar-refractivity contribution in [2.24, 2.45) is 10.4 Å². The van der Waals surface area contributed by atoms with Crippen LogP contribution in [0.4, 0.5) is 0 Å². The van der Waals surface area contributed by atoms with Gasteiger partial charge in [-0.25, -0.2) is 8.42 Å². The van der Waals surface area contributed by atoms with Gasteiger partial charge in [0, 0.05) is 26.5 Å². The second kappa shape index (κ2) is 13.1. The van der Waals surface area contributed by atoms with E-state index < -0.39 is 15.4 Å². The van der Waals surface area contributed by atoms with Gasteiger partial charge in [-0.3, -0.25) is 4.99 Å². The number of hydrogen-bond acceptors (Lipinski definition) is 6. The molecule has 0 aromatic carbocycles. The third kappa shape index (κ3) is 11.7. The molecule has 0 heterocycles. The average Bonchev–Trinajstić information content (AvgIpc) is 2.82. The van der Waals surface area contributed by atoms with E-state index >= 15 is 0 Å². The Hall–Kier alpha value is -1.44. The Morgan fingerprint density at radius 1 is 1.20 bits per heavy atom. The lowest BCUT2D eigenvalue weighted by atomic mass is 9.99. The third-order valence-corrected chi connectivity index (χ3v) is 6.16. The van der Waals surface area contributed by atoms with E-state index in [0.29, 0.717) is 17.0 Å². The van der Waals surface area contributed by atoms with Gasteiger partial charge in [-0.1, -0.05) is 46.3 Å². The first-order valence-corrected chi connectivity index (χ1v) is 12.3. The van der Waals surface area contributed by atoms with Gasteiger partial charge >= 0.3 is 0 Å². The van der Waals surface area contributed by atoms with E-state index in [1.807, 2.05) is 12.3 Å². The molecular weight excluding hydrogens is 400 g/mol. The van der Waals surface area contributed by atoms with Crippen LogP contribution < -0.4 is 5.32 Å². The Labute approximate surface area is 184 Å². The summed E-state index contributed by atoms with van der Waals surface area (Å²) in [5, 5.41) is 11.0. The van der Waals surface area contributed by atoms with Crippen molar-refractivity contribution in [1.29, 1.82) is 0 Å². The first kappa shape index (κ1) is 28.6. The van der Waals surface area contributed by atoms with Gasteiger partial charge < -0.3 is 15.2 Å². The number of aliphatic hydroxyl groups excluding tert-OH is 1.